The number of likely N-dealkylation sites (tertiary alicyclic amines) is 2. The molecular weight excluding hydrogens is 759 g/mol. The SMILES string of the molecule is C=CC1CC1(NC(=O)C1CC(C)(C(C)(C)C2CCC2)CN1C(=O)C(NC(=O)C(NC(=O)C1CCCCN1C)C1CCCCC1)C(C)(C)C)C(=O)NS(=O)(=O)N(C)CC. The van der Waals surface area contributed by atoms with Crippen molar-refractivity contribution < 1.29 is 32.4 Å². The first-order valence-electron chi connectivity index (χ1n) is 21.9. The van der Waals surface area contributed by atoms with Crippen LogP contribution in [-0.2, 0) is 34.2 Å². The van der Waals surface area contributed by atoms with Crippen LogP contribution in [0.5, 0.6) is 0 Å². The van der Waals surface area contributed by atoms with Crippen LogP contribution >= 0.6 is 0 Å². The van der Waals surface area contributed by atoms with E-state index in [1.165, 1.54) is 13.1 Å². The Hall–Kier alpha value is -3.04. The summed E-state index contributed by atoms with van der Waals surface area (Å²) in [5.74, 6) is -2.55. The largest absolute Gasteiger partial charge is 0.343 e. The van der Waals surface area contributed by atoms with Gasteiger partial charge in [-0.1, -0.05) is 86.6 Å². The lowest BCUT2D eigenvalue weighted by atomic mass is 9.54. The molecule has 2 heterocycles. The van der Waals surface area contributed by atoms with Crippen molar-refractivity contribution in [3.8, 4) is 0 Å². The van der Waals surface area contributed by atoms with Gasteiger partial charge in [0.05, 0.1) is 6.04 Å². The number of nitrogens with one attached hydrogen (secondary N) is 4. The molecule has 2 saturated heterocycles. The third-order valence-electron chi connectivity index (χ3n) is 15.1. The summed E-state index contributed by atoms with van der Waals surface area (Å²) < 4.78 is 29.0. The molecule has 0 aromatic rings. The van der Waals surface area contributed by atoms with Gasteiger partial charge in [-0.15, -0.1) is 6.58 Å². The van der Waals surface area contributed by atoms with E-state index in [0.717, 1.165) is 81.5 Å². The fourth-order valence-corrected chi connectivity index (χ4v) is 10.9. The summed E-state index contributed by atoms with van der Waals surface area (Å²) in [6.07, 6.45) is 12.6. The quantitative estimate of drug-likeness (QED) is 0.180. The van der Waals surface area contributed by atoms with Gasteiger partial charge in [0, 0.05) is 26.1 Å². The molecule has 3 aliphatic carbocycles. The number of rotatable bonds is 15. The van der Waals surface area contributed by atoms with Crippen LogP contribution in [0.25, 0.3) is 0 Å². The third-order valence-corrected chi connectivity index (χ3v) is 16.6. The van der Waals surface area contributed by atoms with Crippen LogP contribution in [0.2, 0.25) is 0 Å². The minimum absolute atomic E-state index is 0.0705. The molecule has 58 heavy (non-hydrogen) atoms. The molecule has 328 valence electrons. The lowest BCUT2D eigenvalue weighted by Gasteiger charge is -2.50. The van der Waals surface area contributed by atoms with E-state index in [0.29, 0.717) is 12.3 Å². The molecular formula is C43H73N7O7S. The van der Waals surface area contributed by atoms with Crippen molar-refractivity contribution in [1.82, 2.24) is 34.8 Å². The van der Waals surface area contributed by atoms with Crippen LogP contribution in [0, 0.1) is 34.0 Å². The molecule has 14 nitrogen and oxygen atoms in total. The lowest BCUT2D eigenvalue weighted by molar-refractivity contribution is -0.145. The Morgan fingerprint density at radius 1 is 0.879 bits per heavy atom. The van der Waals surface area contributed by atoms with Crippen molar-refractivity contribution in [3.63, 3.8) is 0 Å². The summed E-state index contributed by atoms with van der Waals surface area (Å²) in [4.78, 5) is 75.6. The van der Waals surface area contributed by atoms with Crippen molar-refractivity contribution >= 4 is 39.7 Å². The van der Waals surface area contributed by atoms with Gasteiger partial charge in [-0.05, 0) is 93.0 Å². The highest BCUT2D eigenvalue weighted by molar-refractivity contribution is 7.87. The maximum Gasteiger partial charge on any atom is 0.303 e. The van der Waals surface area contributed by atoms with Gasteiger partial charge in [0.2, 0.25) is 23.6 Å². The highest BCUT2D eigenvalue weighted by Crippen LogP contribution is 2.57. The molecule has 0 radical (unpaired) electrons. The molecule has 2 aliphatic heterocycles. The van der Waals surface area contributed by atoms with E-state index < -0.39 is 74.3 Å². The van der Waals surface area contributed by atoms with Gasteiger partial charge in [0.1, 0.15) is 23.7 Å². The van der Waals surface area contributed by atoms with E-state index in [4.69, 9.17) is 0 Å². The van der Waals surface area contributed by atoms with Crippen molar-refractivity contribution in [2.24, 2.45) is 34.0 Å². The van der Waals surface area contributed by atoms with Crippen LogP contribution < -0.4 is 20.7 Å². The summed E-state index contributed by atoms with van der Waals surface area (Å²) in [5, 5.41) is 9.18. The minimum atomic E-state index is -4.16. The van der Waals surface area contributed by atoms with E-state index in [1.54, 1.807) is 11.8 Å². The first-order chi connectivity index (χ1) is 27.0. The standard InChI is InChI=1S/C43H73N7O7S/c1-11-29-25-43(29,39(55)47-58(56,57)49(10)12-2)46-36(52)32-26-42(8,41(6,7)30-21-18-22-30)27-50(32)38(54)34(40(3,4)5)45-37(53)33(28-19-14-13-15-20-28)44-35(51)31-23-16-17-24-48(31)9/h11,28-34H,1,12-27H2,2-10H3,(H,44,51)(H,45,53)(H,46,52)(H,47,55). The predicted molar refractivity (Wildman–Crippen MR) is 224 cm³/mol. The molecule has 5 fully saturated rings. The Kier molecular flexibility index (Phi) is 13.9. The molecule has 5 aliphatic rings. The Balaban J connectivity index is 1.45. The normalized spacial score (nSPS) is 29.8. The number of likely N-dealkylation sites (N-methyl/N-ethyl adjacent to an activating group) is 1. The highest BCUT2D eigenvalue weighted by atomic mass is 32.2. The van der Waals surface area contributed by atoms with E-state index in [2.05, 4.69) is 48.0 Å². The van der Waals surface area contributed by atoms with Crippen molar-refractivity contribution in [2.45, 2.75) is 162 Å². The number of amides is 5. The van der Waals surface area contributed by atoms with Crippen molar-refractivity contribution in [1.29, 1.82) is 0 Å². The molecule has 0 aromatic carbocycles. The lowest BCUT2D eigenvalue weighted by Crippen LogP contribution is -2.63. The summed E-state index contributed by atoms with van der Waals surface area (Å²) in [5.41, 5.74) is -3.09. The van der Waals surface area contributed by atoms with Crippen LogP contribution in [0.4, 0.5) is 0 Å². The second kappa shape index (κ2) is 17.5. The number of hydrogen-bond donors (Lipinski definition) is 4. The van der Waals surface area contributed by atoms with Crippen molar-refractivity contribution in [2.75, 3.05) is 33.7 Å². The van der Waals surface area contributed by atoms with Gasteiger partial charge in [0.25, 0.3) is 5.91 Å². The maximum absolute atomic E-state index is 15.2. The van der Waals surface area contributed by atoms with Crippen LogP contribution in [-0.4, -0.2) is 115 Å². The van der Waals surface area contributed by atoms with Gasteiger partial charge in [-0.2, -0.15) is 12.7 Å². The Bertz CT molecular complexity index is 1690. The van der Waals surface area contributed by atoms with Gasteiger partial charge >= 0.3 is 10.2 Å². The molecule has 3 saturated carbocycles. The van der Waals surface area contributed by atoms with Crippen molar-refractivity contribution in [3.05, 3.63) is 12.7 Å². The van der Waals surface area contributed by atoms with Gasteiger partial charge in [-0.25, -0.2) is 4.72 Å². The first kappa shape index (κ1) is 46.0. The fourth-order valence-electron chi connectivity index (χ4n) is 10.0. The smallest absolute Gasteiger partial charge is 0.303 e. The Labute approximate surface area is 348 Å². The highest BCUT2D eigenvalue weighted by Gasteiger charge is 2.63. The zero-order valence-electron chi connectivity index (χ0n) is 36.7. The first-order valence-corrected chi connectivity index (χ1v) is 23.3. The molecule has 15 heteroatoms. The zero-order chi connectivity index (χ0) is 43.0. The molecule has 0 aromatic heterocycles. The predicted octanol–water partition coefficient (Wildman–Crippen LogP) is 3.87. The van der Waals surface area contributed by atoms with Gasteiger partial charge in [0.15, 0.2) is 0 Å². The monoisotopic (exact) mass is 832 g/mol. The zero-order valence-corrected chi connectivity index (χ0v) is 37.6. The van der Waals surface area contributed by atoms with Gasteiger partial charge in [-0.3, -0.25) is 28.9 Å². The topological polar surface area (TPSA) is 177 Å². The van der Waals surface area contributed by atoms with E-state index in [9.17, 15) is 27.6 Å². The number of nitrogens with zero attached hydrogens (tertiary/aromatic N) is 3. The number of carbonyl (C=O) groups is 5. The number of piperidine rings is 1. The van der Waals surface area contributed by atoms with Crippen LogP contribution in [0.1, 0.15) is 132 Å². The van der Waals surface area contributed by atoms with E-state index >= 15 is 4.79 Å². The van der Waals surface area contributed by atoms with Gasteiger partial charge < -0.3 is 20.9 Å². The Morgan fingerprint density at radius 2 is 1.52 bits per heavy atom. The second-order valence-electron chi connectivity index (χ2n) is 20.1. The summed E-state index contributed by atoms with van der Waals surface area (Å²) in [6.45, 7) is 18.9. The average Bonchev–Trinajstić information content (AvgIpc) is 3.73. The molecule has 5 amide bonds. The van der Waals surface area contributed by atoms with E-state index in [1.807, 2.05) is 32.7 Å². The number of hydrogen-bond acceptors (Lipinski definition) is 8. The maximum atomic E-state index is 15.2. The summed E-state index contributed by atoms with van der Waals surface area (Å²) in [6, 6.07) is -3.18. The molecule has 4 N–H and O–H groups in total. The van der Waals surface area contributed by atoms with E-state index in [-0.39, 0.29) is 42.8 Å². The summed E-state index contributed by atoms with van der Waals surface area (Å²) >= 11 is 0. The molecule has 7 unspecified atom stereocenters. The molecule has 0 spiro atoms. The average molecular weight is 832 g/mol. The van der Waals surface area contributed by atoms with Crippen LogP contribution in [0.3, 0.4) is 0 Å². The number of carbonyl (C=O) groups excluding carboxylic acids is 5. The second-order valence-corrected chi connectivity index (χ2v) is 21.9. The molecule has 7 atom stereocenters. The Morgan fingerprint density at radius 3 is 2.05 bits per heavy atom. The molecule has 5 rings (SSSR count). The third kappa shape index (κ3) is 9.31. The fraction of sp³-hybridized carbons (Fsp3) is 0.837. The summed E-state index contributed by atoms with van der Waals surface area (Å²) in [7, 11) is -0.864. The molecule has 0 bridgehead atoms. The minimum Gasteiger partial charge on any atom is -0.343 e. The van der Waals surface area contributed by atoms with Crippen LogP contribution in [0.15, 0.2) is 12.7 Å².